The van der Waals surface area contributed by atoms with Crippen LogP contribution in [0.1, 0.15) is 0 Å². The summed E-state index contributed by atoms with van der Waals surface area (Å²) >= 11 is 3.64. The molecule has 60 heavy (non-hydrogen) atoms. The van der Waals surface area contributed by atoms with Gasteiger partial charge in [0.05, 0.1) is 5.69 Å². The number of nitrogens with zero attached hydrogens (tertiary/aromatic N) is 3. The highest BCUT2D eigenvalue weighted by atomic mass is 32.1. The van der Waals surface area contributed by atoms with Crippen molar-refractivity contribution >= 4 is 114 Å². The quantitative estimate of drug-likeness (QED) is 0.144. The minimum Gasteiger partial charge on any atom is -0.310 e. The van der Waals surface area contributed by atoms with Crippen LogP contribution in [-0.4, -0.2) is 0 Å². The zero-order valence-electron chi connectivity index (χ0n) is 32.3. The third kappa shape index (κ3) is 6.43. The Hall–Kier alpha value is -7.25. The molecule has 11 aromatic rings. The first-order valence-electron chi connectivity index (χ1n) is 19.9. The van der Waals surface area contributed by atoms with Crippen molar-refractivity contribution in [2.45, 2.75) is 0 Å². The lowest BCUT2D eigenvalue weighted by Crippen LogP contribution is -2.13. The van der Waals surface area contributed by atoms with Gasteiger partial charge in [-0.05, 0) is 121 Å². The van der Waals surface area contributed by atoms with Gasteiger partial charge in [0.25, 0.3) is 0 Å². The van der Waals surface area contributed by atoms with Crippen LogP contribution in [-0.2, 0) is 0 Å². The van der Waals surface area contributed by atoms with Gasteiger partial charge in [-0.25, -0.2) is 4.39 Å². The maximum atomic E-state index is 14.1. The number of anilines is 9. The van der Waals surface area contributed by atoms with Gasteiger partial charge in [-0.15, -0.1) is 22.7 Å². The van der Waals surface area contributed by atoms with Crippen LogP contribution in [0.25, 0.3) is 40.3 Å². The summed E-state index contributed by atoms with van der Waals surface area (Å²) in [4.78, 5) is 6.97. The number of hydrogen-bond donors (Lipinski definition) is 0. The van der Waals surface area contributed by atoms with Crippen molar-refractivity contribution in [3.63, 3.8) is 0 Å². The average Bonchev–Trinajstić information content (AvgIpc) is 3.87. The molecule has 0 unspecified atom stereocenters. The van der Waals surface area contributed by atoms with Crippen LogP contribution in [0.15, 0.2) is 218 Å². The fourth-order valence-corrected chi connectivity index (χ4v) is 10.7. The van der Waals surface area contributed by atoms with E-state index in [9.17, 15) is 4.39 Å². The van der Waals surface area contributed by atoms with E-state index in [1.54, 1.807) is 11.3 Å². The summed E-state index contributed by atoms with van der Waals surface area (Å²) < 4.78 is 19.0. The van der Waals surface area contributed by atoms with Crippen LogP contribution in [0.2, 0.25) is 0 Å². The molecule has 0 aliphatic carbocycles. The number of rotatable bonds is 9. The maximum absolute atomic E-state index is 14.1. The second kappa shape index (κ2) is 15.2. The molecule has 0 amide bonds. The maximum Gasteiger partial charge on any atom is 0.123 e. The van der Waals surface area contributed by atoms with E-state index < -0.39 is 0 Å². The molecule has 0 atom stereocenters. The number of halogens is 1. The summed E-state index contributed by atoms with van der Waals surface area (Å²) in [5, 5.41) is 4.86. The number of hydrogen-bond acceptors (Lipinski definition) is 5. The molecule has 2 aromatic heterocycles. The number of para-hydroxylation sites is 4. The molecule has 9 aromatic carbocycles. The van der Waals surface area contributed by atoms with Crippen molar-refractivity contribution in [2.24, 2.45) is 0 Å². The van der Waals surface area contributed by atoms with E-state index in [4.69, 9.17) is 0 Å². The molecule has 0 aliphatic heterocycles. The van der Waals surface area contributed by atoms with Gasteiger partial charge in [0.1, 0.15) is 5.82 Å². The van der Waals surface area contributed by atoms with Gasteiger partial charge in [0, 0.05) is 85.8 Å². The van der Waals surface area contributed by atoms with Gasteiger partial charge in [0.15, 0.2) is 0 Å². The Morgan fingerprint density at radius 2 is 0.733 bits per heavy atom. The van der Waals surface area contributed by atoms with Crippen molar-refractivity contribution in [2.75, 3.05) is 14.7 Å². The van der Waals surface area contributed by atoms with Gasteiger partial charge in [-0.3, -0.25) is 0 Å². The van der Waals surface area contributed by atoms with Crippen LogP contribution in [0, 0.1) is 5.82 Å². The molecule has 6 heteroatoms. The van der Waals surface area contributed by atoms with Gasteiger partial charge in [-0.1, -0.05) is 97.1 Å². The first-order valence-corrected chi connectivity index (χ1v) is 21.6. The summed E-state index contributed by atoms with van der Waals surface area (Å²) in [5.74, 6) is -0.254. The molecule has 0 fully saturated rings. The minimum atomic E-state index is -0.254. The fourth-order valence-electron chi connectivity index (χ4n) is 8.38. The third-order valence-electron chi connectivity index (χ3n) is 11.0. The molecule has 3 nitrogen and oxygen atoms in total. The summed E-state index contributed by atoms with van der Waals surface area (Å²) in [5.41, 5.74) is 9.48. The molecule has 11 rings (SSSR count). The molecule has 0 bridgehead atoms. The molecule has 0 saturated carbocycles. The predicted molar refractivity (Wildman–Crippen MR) is 256 cm³/mol. The van der Waals surface area contributed by atoms with E-state index in [1.165, 1.54) is 52.5 Å². The second-order valence-electron chi connectivity index (χ2n) is 14.7. The van der Waals surface area contributed by atoms with Crippen molar-refractivity contribution < 1.29 is 4.39 Å². The molecule has 2 heterocycles. The summed E-state index contributed by atoms with van der Waals surface area (Å²) in [7, 11) is 0. The Morgan fingerprint density at radius 3 is 1.37 bits per heavy atom. The van der Waals surface area contributed by atoms with Gasteiger partial charge in [-0.2, -0.15) is 0 Å². The molecular formula is C54H36FN3S2. The first kappa shape index (κ1) is 35.9. The smallest absolute Gasteiger partial charge is 0.123 e. The molecule has 0 aliphatic rings. The molecule has 0 radical (unpaired) electrons. The summed E-state index contributed by atoms with van der Waals surface area (Å²) in [6, 6.07) is 76.0. The molecule has 0 N–H and O–H groups in total. The Bertz CT molecular complexity index is 3240. The van der Waals surface area contributed by atoms with Gasteiger partial charge in [0.2, 0.25) is 0 Å². The number of fused-ring (bicyclic) bond motifs is 6. The van der Waals surface area contributed by atoms with E-state index >= 15 is 0 Å². The SMILES string of the molecule is Fc1ccc(N(c2ccccc2)c2ccc3sc4cc(N(c5ccccc5)c5cc(N(c6ccccc6)c6ccccc6)c6c(c5)sc5ccccc56)ccc4c3c2)cc1. The van der Waals surface area contributed by atoms with Crippen molar-refractivity contribution in [3.05, 3.63) is 224 Å². The van der Waals surface area contributed by atoms with Crippen LogP contribution in [0.3, 0.4) is 0 Å². The highest BCUT2D eigenvalue weighted by Gasteiger charge is 2.23. The molecule has 286 valence electrons. The van der Waals surface area contributed by atoms with E-state index in [1.807, 2.05) is 41.7 Å². The number of thiophene rings is 2. The molecular weight excluding hydrogens is 774 g/mol. The zero-order valence-corrected chi connectivity index (χ0v) is 34.0. The largest absolute Gasteiger partial charge is 0.310 e. The van der Waals surface area contributed by atoms with Crippen molar-refractivity contribution in [1.82, 2.24) is 0 Å². The van der Waals surface area contributed by atoms with Crippen LogP contribution >= 0.6 is 22.7 Å². The molecule has 0 spiro atoms. The summed E-state index contributed by atoms with van der Waals surface area (Å²) in [6.45, 7) is 0. The van der Waals surface area contributed by atoms with E-state index in [2.05, 4.69) is 191 Å². The van der Waals surface area contributed by atoms with Gasteiger partial charge >= 0.3 is 0 Å². The van der Waals surface area contributed by atoms with Crippen LogP contribution in [0.4, 0.5) is 55.6 Å². The standard InChI is InChI=1S/C54H36FN3S2/c55-37-25-27-42(28-26-37)56(38-15-5-1-6-16-38)43-30-32-51-48(33-43)46-31-29-44(35-52(46)59-51)57(39-17-7-2-8-18-39)45-34-49(54-47-23-13-14-24-50(47)60-53(54)36-45)58(40-19-9-3-10-20-40)41-21-11-4-12-22-41/h1-36H. The Labute approximate surface area is 355 Å². The van der Waals surface area contributed by atoms with E-state index in [0.29, 0.717) is 0 Å². The van der Waals surface area contributed by atoms with Crippen molar-refractivity contribution in [1.29, 1.82) is 0 Å². The first-order chi connectivity index (χ1) is 29.7. The average molecular weight is 810 g/mol. The zero-order chi connectivity index (χ0) is 40.0. The topological polar surface area (TPSA) is 9.72 Å². The van der Waals surface area contributed by atoms with E-state index in [-0.39, 0.29) is 5.82 Å². The summed E-state index contributed by atoms with van der Waals surface area (Å²) in [6.07, 6.45) is 0. The highest BCUT2D eigenvalue weighted by molar-refractivity contribution is 7.26. The minimum absolute atomic E-state index is 0.254. The lowest BCUT2D eigenvalue weighted by atomic mass is 10.1. The Morgan fingerprint density at radius 1 is 0.283 bits per heavy atom. The fraction of sp³-hybridized carbons (Fsp3) is 0. The highest BCUT2D eigenvalue weighted by Crippen LogP contribution is 2.50. The van der Waals surface area contributed by atoms with Crippen LogP contribution < -0.4 is 14.7 Å². The Balaban J connectivity index is 1.10. The second-order valence-corrected chi connectivity index (χ2v) is 16.9. The number of benzene rings is 9. The van der Waals surface area contributed by atoms with Crippen molar-refractivity contribution in [3.8, 4) is 0 Å². The predicted octanol–water partition coefficient (Wildman–Crippen LogP) is 17.0. The lowest BCUT2D eigenvalue weighted by Gasteiger charge is -2.30. The third-order valence-corrected chi connectivity index (χ3v) is 13.3. The van der Waals surface area contributed by atoms with Gasteiger partial charge < -0.3 is 14.7 Å². The van der Waals surface area contributed by atoms with Crippen LogP contribution in [0.5, 0.6) is 0 Å². The normalized spacial score (nSPS) is 11.4. The molecule has 0 saturated heterocycles. The lowest BCUT2D eigenvalue weighted by molar-refractivity contribution is 0.628. The Kier molecular flexibility index (Phi) is 9.07. The van der Waals surface area contributed by atoms with E-state index in [0.717, 1.165) is 51.2 Å². The monoisotopic (exact) mass is 809 g/mol.